The van der Waals surface area contributed by atoms with Crippen molar-refractivity contribution in [2.75, 3.05) is 26.7 Å². The predicted octanol–water partition coefficient (Wildman–Crippen LogP) is 1.64. The average molecular weight is 266 g/mol. The average Bonchev–Trinajstić information content (AvgIpc) is 2.63. The van der Waals surface area contributed by atoms with Crippen LogP contribution in [0, 0.1) is 0 Å². The highest BCUT2D eigenvalue weighted by Crippen LogP contribution is 2.35. The van der Waals surface area contributed by atoms with E-state index >= 15 is 0 Å². The van der Waals surface area contributed by atoms with Gasteiger partial charge in [-0.3, -0.25) is 9.69 Å². The zero-order valence-corrected chi connectivity index (χ0v) is 12.0. The summed E-state index contributed by atoms with van der Waals surface area (Å²) in [7, 11) is 2.22. The van der Waals surface area contributed by atoms with E-state index in [-0.39, 0.29) is 12.1 Å². The second-order valence-electron chi connectivity index (χ2n) is 6.47. The highest BCUT2D eigenvalue weighted by molar-refractivity contribution is 5.71. The van der Waals surface area contributed by atoms with Crippen LogP contribution in [0.4, 0.5) is 0 Å². The molecular formula is C15H26N2O2. The van der Waals surface area contributed by atoms with Gasteiger partial charge in [0.15, 0.2) is 0 Å². The van der Waals surface area contributed by atoms with Gasteiger partial charge in [-0.15, -0.1) is 0 Å². The van der Waals surface area contributed by atoms with Crippen LogP contribution >= 0.6 is 0 Å². The fourth-order valence-corrected chi connectivity index (χ4v) is 3.98. The Morgan fingerprint density at radius 2 is 1.74 bits per heavy atom. The minimum Gasteiger partial charge on any atom is -0.461 e. The predicted molar refractivity (Wildman–Crippen MR) is 74.0 cm³/mol. The largest absolute Gasteiger partial charge is 0.461 e. The second kappa shape index (κ2) is 5.80. The number of esters is 1. The minimum absolute atomic E-state index is 0.00384. The first-order chi connectivity index (χ1) is 9.22. The zero-order valence-electron chi connectivity index (χ0n) is 12.0. The maximum absolute atomic E-state index is 12.0. The summed E-state index contributed by atoms with van der Waals surface area (Å²) in [5, 5.41) is 0. The number of carbonyl (C=O) groups excluding carboxylic acids is 1. The molecule has 0 aromatic heterocycles. The molecule has 0 amide bonds. The van der Waals surface area contributed by atoms with Gasteiger partial charge in [0.2, 0.25) is 0 Å². The number of ether oxygens (including phenoxy) is 1. The fourth-order valence-electron chi connectivity index (χ4n) is 3.98. The maximum Gasteiger partial charge on any atom is 0.320 e. The van der Waals surface area contributed by atoms with Gasteiger partial charge in [-0.05, 0) is 58.7 Å². The Labute approximate surface area is 116 Å². The monoisotopic (exact) mass is 266 g/mol. The second-order valence-corrected chi connectivity index (χ2v) is 6.47. The Morgan fingerprint density at radius 1 is 1.11 bits per heavy atom. The van der Waals surface area contributed by atoms with Crippen molar-refractivity contribution in [1.29, 1.82) is 0 Å². The summed E-state index contributed by atoms with van der Waals surface area (Å²) in [6.07, 6.45) is 8.58. The van der Waals surface area contributed by atoms with E-state index in [4.69, 9.17) is 4.74 Å². The number of likely N-dealkylation sites (tertiary alicyclic amines) is 1. The number of piperidine rings is 2. The summed E-state index contributed by atoms with van der Waals surface area (Å²) >= 11 is 0. The first-order valence-electron chi connectivity index (χ1n) is 7.86. The minimum atomic E-state index is -0.00384. The lowest BCUT2D eigenvalue weighted by molar-refractivity contribution is -0.153. The molecule has 3 rings (SSSR count). The molecule has 3 saturated heterocycles. The molecule has 0 unspecified atom stereocenters. The molecule has 108 valence electrons. The van der Waals surface area contributed by atoms with Crippen molar-refractivity contribution >= 4 is 5.97 Å². The standard InChI is InChI=1S/C15H26N2O2/c1-16-12-5-6-13(16)10-14(9-12)19-15(18)11-17-7-3-2-4-8-17/h12-14H,2-11H2,1H3/t12-,13-/m0/s1. The molecule has 4 heteroatoms. The van der Waals surface area contributed by atoms with Gasteiger partial charge in [0.05, 0.1) is 6.54 Å². The van der Waals surface area contributed by atoms with Crippen molar-refractivity contribution in [3.8, 4) is 0 Å². The van der Waals surface area contributed by atoms with Gasteiger partial charge in [0.1, 0.15) is 6.10 Å². The number of carbonyl (C=O) groups is 1. The Morgan fingerprint density at radius 3 is 2.37 bits per heavy atom. The van der Waals surface area contributed by atoms with Crippen LogP contribution in [0.5, 0.6) is 0 Å². The van der Waals surface area contributed by atoms with Crippen LogP contribution in [0.15, 0.2) is 0 Å². The molecule has 3 fully saturated rings. The van der Waals surface area contributed by atoms with Crippen LogP contribution in [0.25, 0.3) is 0 Å². The molecule has 0 spiro atoms. The van der Waals surface area contributed by atoms with Gasteiger partial charge < -0.3 is 9.64 Å². The van der Waals surface area contributed by atoms with E-state index in [2.05, 4.69) is 16.8 Å². The third-order valence-corrected chi connectivity index (χ3v) is 5.15. The maximum atomic E-state index is 12.0. The van der Waals surface area contributed by atoms with Crippen molar-refractivity contribution in [3.63, 3.8) is 0 Å². The lowest BCUT2D eigenvalue weighted by atomic mass is 10.0. The van der Waals surface area contributed by atoms with Crippen LogP contribution in [0.2, 0.25) is 0 Å². The molecule has 4 nitrogen and oxygen atoms in total. The normalized spacial score (nSPS) is 36.4. The summed E-state index contributed by atoms with van der Waals surface area (Å²) in [6.45, 7) is 2.63. The number of rotatable bonds is 3. The van der Waals surface area contributed by atoms with Gasteiger partial charge in [-0.1, -0.05) is 6.42 Å². The van der Waals surface area contributed by atoms with E-state index in [1.807, 2.05) is 0 Å². The van der Waals surface area contributed by atoms with Gasteiger partial charge in [-0.2, -0.15) is 0 Å². The summed E-state index contributed by atoms with van der Waals surface area (Å²) in [5.74, 6) is -0.00384. The number of hydrogen-bond donors (Lipinski definition) is 0. The van der Waals surface area contributed by atoms with Crippen LogP contribution < -0.4 is 0 Å². The van der Waals surface area contributed by atoms with E-state index in [0.717, 1.165) is 25.9 Å². The van der Waals surface area contributed by atoms with Crippen molar-refractivity contribution in [2.24, 2.45) is 0 Å². The highest BCUT2D eigenvalue weighted by atomic mass is 16.5. The first kappa shape index (κ1) is 13.4. The molecule has 3 heterocycles. The SMILES string of the molecule is CN1[C@H]2CC[C@H]1CC(OC(=O)CN1CCCCC1)C2. The van der Waals surface area contributed by atoms with Crippen LogP contribution in [0.3, 0.4) is 0 Å². The third-order valence-electron chi connectivity index (χ3n) is 5.15. The molecule has 3 aliphatic heterocycles. The molecule has 0 radical (unpaired) electrons. The van der Waals surface area contributed by atoms with Gasteiger partial charge in [0, 0.05) is 12.1 Å². The fraction of sp³-hybridized carbons (Fsp3) is 0.933. The molecule has 0 aromatic rings. The van der Waals surface area contributed by atoms with Gasteiger partial charge >= 0.3 is 5.97 Å². The number of fused-ring (bicyclic) bond motifs is 2. The molecule has 19 heavy (non-hydrogen) atoms. The smallest absolute Gasteiger partial charge is 0.320 e. The van der Waals surface area contributed by atoms with E-state index < -0.39 is 0 Å². The van der Waals surface area contributed by atoms with Crippen molar-refractivity contribution in [2.45, 2.75) is 63.1 Å². The summed E-state index contributed by atoms with van der Waals surface area (Å²) in [4.78, 5) is 16.7. The molecule has 2 atom stereocenters. The highest BCUT2D eigenvalue weighted by Gasteiger charge is 2.39. The lowest BCUT2D eigenvalue weighted by Crippen LogP contribution is -2.44. The van der Waals surface area contributed by atoms with E-state index in [1.54, 1.807) is 0 Å². The quantitative estimate of drug-likeness (QED) is 0.727. The Kier molecular flexibility index (Phi) is 4.08. The molecule has 0 aromatic carbocycles. The van der Waals surface area contributed by atoms with Crippen LogP contribution in [-0.4, -0.2) is 60.6 Å². The molecule has 3 aliphatic rings. The van der Waals surface area contributed by atoms with E-state index in [9.17, 15) is 4.79 Å². The molecular weight excluding hydrogens is 240 g/mol. The molecule has 2 bridgehead atoms. The van der Waals surface area contributed by atoms with Gasteiger partial charge in [-0.25, -0.2) is 0 Å². The summed E-state index contributed by atoms with van der Waals surface area (Å²) < 4.78 is 5.72. The zero-order chi connectivity index (χ0) is 13.2. The topological polar surface area (TPSA) is 32.8 Å². The van der Waals surface area contributed by atoms with E-state index in [0.29, 0.717) is 18.6 Å². The van der Waals surface area contributed by atoms with Gasteiger partial charge in [0.25, 0.3) is 0 Å². The molecule has 0 saturated carbocycles. The van der Waals surface area contributed by atoms with E-state index in [1.165, 1.54) is 32.1 Å². The summed E-state index contributed by atoms with van der Waals surface area (Å²) in [6, 6.07) is 1.29. The first-order valence-corrected chi connectivity index (χ1v) is 7.86. The molecule has 0 aliphatic carbocycles. The third kappa shape index (κ3) is 3.11. The lowest BCUT2D eigenvalue weighted by Gasteiger charge is -2.36. The van der Waals surface area contributed by atoms with Crippen molar-refractivity contribution < 1.29 is 9.53 Å². The van der Waals surface area contributed by atoms with Crippen molar-refractivity contribution in [1.82, 2.24) is 9.80 Å². The van der Waals surface area contributed by atoms with Crippen molar-refractivity contribution in [3.05, 3.63) is 0 Å². The Hall–Kier alpha value is -0.610. The Balaban J connectivity index is 1.45. The number of nitrogens with zero attached hydrogens (tertiary/aromatic N) is 2. The number of hydrogen-bond acceptors (Lipinski definition) is 4. The molecule has 0 N–H and O–H groups in total. The Bertz CT molecular complexity index is 314. The van der Waals surface area contributed by atoms with Crippen LogP contribution in [-0.2, 0) is 9.53 Å². The van der Waals surface area contributed by atoms with Crippen LogP contribution in [0.1, 0.15) is 44.9 Å². The summed E-state index contributed by atoms with van der Waals surface area (Å²) in [5.41, 5.74) is 0.